The van der Waals surface area contributed by atoms with Crippen LogP contribution in [-0.4, -0.2) is 17.7 Å². The van der Waals surface area contributed by atoms with Gasteiger partial charge in [0.2, 0.25) is 5.91 Å². The Bertz CT molecular complexity index is 1010. The fourth-order valence-corrected chi connectivity index (χ4v) is 3.43. The number of anilines is 2. The monoisotopic (exact) mass is 421 g/mol. The zero-order valence-electron chi connectivity index (χ0n) is 16.6. The summed E-state index contributed by atoms with van der Waals surface area (Å²) in [6.45, 7) is 2.28. The summed E-state index contributed by atoms with van der Waals surface area (Å²) in [6, 6.07) is 17.8. The minimum absolute atomic E-state index is 0.0141. The number of nitrogens with one attached hydrogen (secondary N) is 3. The maximum Gasteiger partial charge on any atom is 0.265 e. The summed E-state index contributed by atoms with van der Waals surface area (Å²) in [5.74, 6) is -0.539. The summed E-state index contributed by atoms with van der Waals surface area (Å²) in [4.78, 5) is 37.2. The molecule has 0 bridgehead atoms. The molecular formula is C23H23N3O3S. The predicted molar refractivity (Wildman–Crippen MR) is 120 cm³/mol. The van der Waals surface area contributed by atoms with Gasteiger partial charge in [-0.1, -0.05) is 37.3 Å². The van der Waals surface area contributed by atoms with Crippen molar-refractivity contribution >= 4 is 40.4 Å². The molecule has 1 heterocycles. The molecule has 0 atom stereocenters. The van der Waals surface area contributed by atoms with Gasteiger partial charge in [-0.25, -0.2) is 0 Å². The van der Waals surface area contributed by atoms with E-state index in [9.17, 15) is 14.4 Å². The lowest BCUT2D eigenvalue weighted by molar-refractivity contribution is -0.116. The van der Waals surface area contributed by atoms with Crippen molar-refractivity contribution in [1.82, 2.24) is 5.32 Å². The standard InChI is InChI=1S/C23H23N3O3S/c1-2-6-21(27)25-17-12-10-16(11-13-17)15-24-22(28)18-7-3-4-8-19(18)26-23(29)20-9-5-14-30-20/h3-5,7-14H,2,6,15H2,1H3,(H,24,28)(H,25,27)(H,26,29). The van der Waals surface area contributed by atoms with E-state index < -0.39 is 0 Å². The van der Waals surface area contributed by atoms with E-state index in [0.717, 1.165) is 17.7 Å². The van der Waals surface area contributed by atoms with E-state index in [1.165, 1.54) is 11.3 Å². The van der Waals surface area contributed by atoms with Crippen molar-refractivity contribution in [2.75, 3.05) is 10.6 Å². The van der Waals surface area contributed by atoms with E-state index >= 15 is 0 Å². The van der Waals surface area contributed by atoms with Gasteiger partial charge in [0, 0.05) is 18.7 Å². The molecule has 3 N–H and O–H groups in total. The van der Waals surface area contributed by atoms with E-state index in [4.69, 9.17) is 0 Å². The van der Waals surface area contributed by atoms with E-state index in [0.29, 0.717) is 29.1 Å². The van der Waals surface area contributed by atoms with Crippen molar-refractivity contribution in [3.8, 4) is 0 Å². The molecule has 154 valence electrons. The number of hydrogen-bond donors (Lipinski definition) is 3. The number of hydrogen-bond acceptors (Lipinski definition) is 4. The van der Waals surface area contributed by atoms with Crippen LogP contribution in [0.5, 0.6) is 0 Å². The van der Waals surface area contributed by atoms with Crippen LogP contribution in [0.4, 0.5) is 11.4 Å². The Kier molecular flexibility index (Phi) is 7.34. The second-order valence-corrected chi connectivity index (χ2v) is 7.60. The van der Waals surface area contributed by atoms with Crippen molar-refractivity contribution in [2.45, 2.75) is 26.3 Å². The first-order chi connectivity index (χ1) is 14.6. The lowest BCUT2D eigenvalue weighted by Gasteiger charge is -2.11. The third kappa shape index (κ3) is 5.78. The highest BCUT2D eigenvalue weighted by molar-refractivity contribution is 7.12. The summed E-state index contributed by atoms with van der Waals surface area (Å²) >= 11 is 1.34. The third-order valence-corrected chi connectivity index (χ3v) is 5.20. The molecule has 0 aliphatic carbocycles. The van der Waals surface area contributed by atoms with Crippen molar-refractivity contribution in [1.29, 1.82) is 0 Å². The molecule has 2 aromatic carbocycles. The molecule has 0 aliphatic heterocycles. The van der Waals surface area contributed by atoms with Crippen LogP contribution in [0.25, 0.3) is 0 Å². The van der Waals surface area contributed by atoms with Crippen LogP contribution in [-0.2, 0) is 11.3 Å². The van der Waals surface area contributed by atoms with Crippen molar-refractivity contribution in [2.24, 2.45) is 0 Å². The molecule has 3 aromatic rings. The molecule has 0 saturated carbocycles. The second-order valence-electron chi connectivity index (χ2n) is 6.65. The molecular weight excluding hydrogens is 398 g/mol. The fraction of sp³-hybridized carbons (Fsp3) is 0.174. The molecule has 3 rings (SSSR count). The quantitative estimate of drug-likeness (QED) is 0.494. The Labute approximate surface area is 179 Å². The highest BCUT2D eigenvalue weighted by Crippen LogP contribution is 2.18. The number of para-hydroxylation sites is 1. The summed E-state index contributed by atoms with van der Waals surface area (Å²) in [5, 5.41) is 10.3. The Balaban J connectivity index is 1.60. The van der Waals surface area contributed by atoms with E-state index in [-0.39, 0.29) is 17.7 Å². The second kappa shape index (κ2) is 10.4. The molecule has 1 aromatic heterocycles. The molecule has 0 unspecified atom stereocenters. The lowest BCUT2D eigenvalue weighted by Crippen LogP contribution is -2.24. The van der Waals surface area contributed by atoms with Crippen LogP contribution in [0.15, 0.2) is 66.0 Å². The van der Waals surface area contributed by atoms with Gasteiger partial charge in [0.15, 0.2) is 0 Å². The summed E-state index contributed by atoms with van der Waals surface area (Å²) in [5.41, 5.74) is 2.48. The van der Waals surface area contributed by atoms with Crippen LogP contribution >= 0.6 is 11.3 Å². The van der Waals surface area contributed by atoms with Gasteiger partial charge >= 0.3 is 0 Å². The average Bonchev–Trinajstić information content (AvgIpc) is 3.29. The summed E-state index contributed by atoms with van der Waals surface area (Å²) in [7, 11) is 0. The maximum absolute atomic E-state index is 12.7. The Hall–Kier alpha value is -3.45. The Morgan fingerprint density at radius 2 is 1.63 bits per heavy atom. The maximum atomic E-state index is 12.7. The van der Waals surface area contributed by atoms with Gasteiger partial charge in [-0.3, -0.25) is 14.4 Å². The molecule has 0 spiro atoms. The predicted octanol–water partition coefficient (Wildman–Crippen LogP) is 4.67. The first-order valence-corrected chi connectivity index (χ1v) is 10.6. The average molecular weight is 422 g/mol. The van der Waals surface area contributed by atoms with Crippen LogP contribution in [0.3, 0.4) is 0 Å². The molecule has 3 amide bonds. The van der Waals surface area contributed by atoms with Crippen molar-refractivity contribution in [3.05, 3.63) is 82.0 Å². The number of carbonyl (C=O) groups is 3. The molecule has 0 saturated heterocycles. The lowest BCUT2D eigenvalue weighted by atomic mass is 10.1. The number of carbonyl (C=O) groups excluding carboxylic acids is 3. The van der Waals surface area contributed by atoms with Gasteiger partial charge in [-0.2, -0.15) is 0 Å². The molecule has 6 nitrogen and oxygen atoms in total. The van der Waals surface area contributed by atoms with Crippen LogP contribution in [0, 0.1) is 0 Å². The third-order valence-electron chi connectivity index (χ3n) is 4.33. The van der Waals surface area contributed by atoms with E-state index in [1.807, 2.05) is 36.6 Å². The zero-order chi connectivity index (χ0) is 21.3. The fourth-order valence-electron chi connectivity index (χ4n) is 2.82. The minimum Gasteiger partial charge on any atom is -0.348 e. The highest BCUT2D eigenvalue weighted by atomic mass is 32.1. The van der Waals surface area contributed by atoms with Crippen LogP contribution in [0.1, 0.15) is 45.4 Å². The summed E-state index contributed by atoms with van der Waals surface area (Å²) < 4.78 is 0. The van der Waals surface area contributed by atoms with Crippen molar-refractivity contribution < 1.29 is 14.4 Å². The molecule has 0 aliphatic rings. The Morgan fingerprint density at radius 1 is 0.867 bits per heavy atom. The van der Waals surface area contributed by atoms with E-state index in [1.54, 1.807) is 36.4 Å². The van der Waals surface area contributed by atoms with Crippen molar-refractivity contribution in [3.63, 3.8) is 0 Å². The highest BCUT2D eigenvalue weighted by Gasteiger charge is 2.14. The van der Waals surface area contributed by atoms with E-state index in [2.05, 4.69) is 16.0 Å². The molecule has 7 heteroatoms. The number of rotatable bonds is 8. The number of benzene rings is 2. The zero-order valence-corrected chi connectivity index (χ0v) is 17.4. The van der Waals surface area contributed by atoms with Gasteiger partial charge in [0.1, 0.15) is 0 Å². The first-order valence-electron chi connectivity index (χ1n) is 9.67. The first kappa shape index (κ1) is 21.3. The van der Waals surface area contributed by atoms with Gasteiger partial charge in [-0.05, 0) is 47.7 Å². The van der Waals surface area contributed by atoms with Crippen LogP contribution < -0.4 is 16.0 Å². The van der Waals surface area contributed by atoms with Gasteiger partial charge in [0.05, 0.1) is 16.1 Å². The SMILES string of the molecule is CCCC(=O)Nc1ccc(CNC(=O)c2ccccc2NC(=O)c2cccs2)cc1. The topological polar surface area (TPSA) is 87.3 Å². The smallest absolute Gasteiger partial charge is 0.265 e. The normalized spacial score (nSPS) is 10.3. The Morgan fingerprint density at radius 3 is 2.33 bits per heavy atom. The van der Waals surface area contributed by atoms with Crippen LogP contribution in [0.2, 0.25) is 0 Å². The van der Waals surface area contributed by atoms with Gasteiger partial charge in [0.25, 0.3) is 11.8 Å². The molecule has 0 radical (unpaired) electrons. The number of amides is 3. The molecule has 30 heavy (non-hydrogen) atoms. The minimum atomic E-state index is -0.280. The van der Waals surface area contributed by atoms with Gasteiger partial charge in [-0.15, -0.1) is 11.3 Å². The number of thiophene rings is 1. The molecule has 0 fully saturated rings. The van der Waals surface area contributed by atoms with Gasteiger partial charge < -0.3 is 16.0 Å². The largest absolute Gasteiger partial charge is 0.348 e. The summed E-state index contributed by atoms with van der Waals surface area (Å²) in [6.07, 6.45) is 1.28.